The molecule has 3 heterocycles. The van der Waals surface area contributed by atoms with Gasteiger partial charge in [0, 0.05) is 41.9 Å². The molecule has 0 saturated heterocycles. The molecule has 0 aliphatic heterocycles. The predicted molar refractivity (Wildman–Crippen MR) is 101 cm³/mol. The number of carboxylic acids is 1. The third-order valence-corrected chi connectivity index (χ3v) is 4.70. The summed E-state index contributed by atoms with van der Waals surface area (Å²) in [5.41, 5.74) is 4.62. The molecule has 26 heavy (non-hydrogen) atoms. The first-order valence-electron chi connectivity index (χ1n) is 8.40. The van der Waals surface area contributed by atoms with E-state index in [0.717, 1.165) is 44.7 Å². The Bertz CT molecular complexity index is 1090. The Labute approximate surface area is 149 Å². The fraction of sp³-hybridized carbons (Fsp3) is 0.211. The number of aryl methyl sites for hydroxylation is 1. The smallest absolute Gasteiger partial charge is 0.303 e. The highest BCUT2D eigenvalue weighted by Gasteiger charge is 2.22. The third kappa shape index (κ3) is 2.48. The Morgan fingerprint density at radius 1 is 1.31 bits per heavy atom. The van der Waals surface area contributed by atoms with Gasteiger partial charge in [-0.15, -0.1) is 0 Å². The van der Waals surface area contributed by atoms with Crippen LogP contribution in [0.1, 0.15) is 12.1 Å². The van der Waals surface area contributed by atoms with Crippen molar-refractivity contribution in [2.24, 2.45) is 7.05 Å². The van der Waals surface area contributed by atoms with Gasteiger partial charge < -0.3 is 20.0 Å². The molecule has 4 aromatic rings. The monoisotopic (exact) mass is 349 g/mol. The molecule has 7 heteroatoms. The SMILES string of the molecule is CNc1ncnc2c1c(-c1cc3ccccc3[nH]1)c(CCC(=O)O)n2C. The van der Waals surface area contributed by atoms with Crippen LogP contribution in [0.3, 0.4) is 0 Å². The first-order chi connectivity index (χ1) is 12.6. The zero-order valence-corrected chi connectivity index (χ0v) is 14.6. The Morgan fingerprint density at radius 2 is 2.12 bits per heavy atom. The van der Waals surface area contributed by atoms with Crippen LogP contribution in [-0.2, 0) is 18.3 Å². The van der Waals surface area contributed by atoms with E-state index in [1.54, 1.807) is 0 Å². The largest absolute Gasteiger partial charge is 0.481 e. The number of fused-ring (bicyclic) bond motifs is 2. The highest BCUT2D eigenvalue weighted by atomic mass is 16.4. The number of nitrogens with zero attached hydrogens (tertiary/aromatic N) is 3. The van der Waals surface area contributed by atoms with Crippen molar-refractivity contribution in [2.45, 2.75) is 12.8 Å². The number of aliphatic carboxylic acids is 1. The van der Waals surface area contributed by atoms with Crippen molar-refractivity contribution >= 4 is 33.7 Å². The molecular formula is C19H19N5O2. The highest BCUT2D eigenvalue weighted by Crippen LogP contribution is 2.38. The van der Waals surface area contributed by atoms with E-state index in [9.17, 15) is 4.79 Å². The van der Waals surface area contributed by atoms with Crippen LogP contribution in [-0.4, -0.2) is 37.6 Å². The van der Waals surface area contributed by atoms with Gasteiger partial charge in [-0.2, -0.15) is 0 Å². The van der Waals surface area contributed by atoms with E-state index >= 15 is 0 Å². The number of benzene rings is 1. The zero-order chi connectivity index (χ0) is 18.3. The van der Waals surface area contributed by atoms with Crippen molar-refractivity contribution in [1.29, 1.82) is 0 Å². The maximum absolute atomic E-state index is 11.2. The molecule has 3 aromatic heterocycles. The van der Waals surface area contributed by atoms with Gasteiger partial charge in [0.25, 0.3) is 0 Å². The van der Waals surface area contributed by atoms with Crippen LogP contribution in [0, 0.1) is 0 Å². The topological polar surface area (TPSA) is 95.8 Å². The number of anilines is 1. The first kappa shape index (κ1) is 16.1. The van der Waals surface area contributed by atoms with E-state index in [2.05, 4.69) is 26.3 Å². The lowest BCUT2D eigenvalue weighted by Gasteiger charge is -2.06. The molecule has 0 radical (unpaired) electrons. The first-order valence-corrected chi connectivity index (χ1v) is 8.40. The van der Waals surface area contributed by atoms with Gasteiger partial charge in [-0.3, -0.25) is 4.79 Å². The lowest BCUT2D eigenvalue weighted by Crippen LogP contribution is -2.03. The van der Waals surface area contributed by atoms with Crippen LogP contribution < -0.4 is 5.32 Å². The molecule has 0 fully saturated rings. The molecule has 1 aromatic carbocycles. The molecule has 3 N–H and O–H groups in total. The third-order valence-electron chi connectivity index (χ3n) is 4.70. The molecule has 4 rings (SSSR count). The second-order valence-electron chi connectivity index (χ2n) is 6.22. The van der Waals surface area contributed by atoms with E-state index in [-0.39, 0.29) is 6.42 Å². The Morgan fingerprint density at radius 3 is 2.85 bits per heavy atom. The quantitative estimate of drug-likeness (QED) is 0.514. The van der Waals surface area contributed by atoms with Gasteiger partial charge in [-0.25, -0.2) is 9.97 Å². The van der Waals surface area contributed by atoms with Gasteiger partial charge in [0.15, 0.2) is 0 Å². The summed E-state index contributed by atoms with van der Waals surface area (Å²) in [6, 6.07) is 10.1. The van der Waals surface area contributed by atoms with E-state index in [1.807, 2.05) is 42.9 Å². The summed E-state index contributed by atoms with van der Waals surface area (Å²) in [7, 11) is 3.73. The number of hydrogen-bond acceptors (Lipinski definition) is 4. The summed E-state index contributed by atoms with van der Waals surface area (Å²) >= 11 is 0. The average Bonchev–Trinajstić information content (AvgIpc) is 3.18. The minimum Gasteiger partial charge on any atom is -0.481 e. The maximum Gasteiger partial charge on any atom is 0.303 e. The van der Waals surface area contributed by atoms with E-state index < -0.39 is 5.97 Å². The number of hydrogen-bond donors (Lipinski definition) is 3. The Balaban J connectivity index is 2.03. The van der Waals surface area contributed by atoms with Crippen molar-refractivity contribution in [2.75, 3.05) is 12.4 Å². The number of carbonyl (C=O) groups is 1. The summed E-state index contributed by atoms with van der Waals surface area (Å²) in [5, 5.41) is 14.3. The van der Waals surface area contributed by atoms with Crippen molar-refractivity contribution in [1.82, 2.24) is 19.5 Å². The van der Waals surface area contributed by atoms with Crippen LogP contribution in [0.15, 0.2) is 36.7 Å². The molecule has 0 saturated carbocycles. The lowest BCUT2D eigenvalue weighted by molar-refractivity contribution is -0.136. The van der Waals surface area contributed by atoms with Crippen LogP contribution in [0.25, 0.3) is 33.2 Å². The van der Waals surface area contributed by atoms with Gasteiger partial charge in [-0.05, 0) is 18.6 Å². The van der Waals surface area contributed by atoms with E-state index in [4.69, 9.17) is 5.11 Å². The van der Waals surface area contributed by atoms with Gasteiger partial charge in [0.1, 0.15) is 17.8 Å². The molecule has 0 unspecified atom stereocenters. The minimum absolute atomic E-state index is 0.0553. The summed E-state index contributed by atoms with van der Waals surface area (Å²) < 4.78 is 1.96. The summed E-state index contributed by atoms with van der Waals surface area (Å²) in [6.45, 7) is 0. The number of carboxylic acid groups (broad SMARTS) is 1. The van der Waals surface area contributed by atoms with Gasteiger partial charge in [-0.1, -0.05) is 18.2 Å². The number of rotatable bonds is 5. The van der Waals surface area contributed by atoms with Gasteiger partial charge in [0.2, 0.25) is 0 Å². The maximum atomic E-state index is 11.2. The Hall–Kier alpha value is -3.35. The van der Waals surface area contributed by atoms with Gasteiger partial charge >= 0.3 is 5.97 Å². The molecule has 7 nitrogen and oxygen atoms in total. The van der Waals surface area contributed by atoms with Gasteiger partial charge in [0.05, 0.1) is 11.8 Å². The molecular weight excluding hydrogens is 330 g/mol. The molecule has 0 aliphatic carbocycles. The van der Waals surface area contributed by atoms with Crippen LogP contribution in [0.4, 0.5) is 5.82 Å². The Kier molecular flexibility index (Phi) is 3.84. The van der Waals surface area contributed by atoms with Crippen LogP contribution in [0.5, 0.6) is 0 Å². The zero-order valence-electron chi connectivity index (χ0n) is 14.6. The normalized spacial score (nSPS) is 11.3. The predicted octanol–water partition coefficient (Wildman–Crippen LogP) is 3.18. The second-order valence-corrected chi connectivity index (χ2v) is 6.22. The number of nitrogens with one attached hydrogen (secondary N) is 2. The van der Waals surface area contributed by atoms with Crippen molar-refractivity contribution in [3.05, 3.63) is 42.4 Å². The molecule has 0 amide bonds. The van der Waals surface area contributed by atoms with E-state index in [1.165, 1.54) is 6.33 Å². The fourth-order valence-electron chi connectivity index (χ4n) is 3.51. The molecule has 0 aliphatic rings. The number of aromatic amines is 1. The minimum atomic E-state index is -0.822. The average molecular weight is 349 g/mol. The number of H-pyrrole nitrogens is 1. The molecule has 0 bridgehead atoms. The lowest BCUT2D eigenvalue weighted by atomic mass is 10.1. The van der Waals surface area contributed by atoms with Crippen molar-refractivity contribution in [3.63, 3.8) is 0 Å². The summed E-state index contributed by atoms with van der Waals surface area (Å²) in [4.78, 5) is 23.4. The van der Waals surface area contributed by atoms with E-state index in [0.29, 0.717) is 6.42 Å². The number of para-hydroxylation sites is 1. The molecule has 0 atom stereocenters. The highest BCUT2D eigenvalue weighted by molar-refractivity contribution is 6.04. The fourth-order valence-corrected chi connectivity index (χ4v) is 3.51. The van der Waals surface area contributed by atoms with Crippen LogP contribution in [0.2, 0.25) is 0 Å². The number of aromatic nitrogens is 4. The standard InChI is InChI=1S/C19H19N5O2/c1-20-18-17-16(13-9-11-5-3-4-6-12(11)23-13)14(7-8-15(25)26)24(2)19(17)22-10-21-18/h3-6,9-10,23H,7-8H2,1-2H3,(H,25,26)(H,20,21,22). The van der Waals surface area contributed by atoms with Crippen molar-refractivity contribution < 1.29 is 9.90 Å². The van der Waals surface area contributed by atoms with Crippen LogP contribution >= 0.6 is 0 Å². The van der Waals surface area contributed by atoms with Crippen molar-refractivity contribution in [3.8, 4) is 11.3 Å². The summed E-state index contributed by atoms with van der Waals surface area (Å²) in [5.74, 6) is -0.0985. The molecule has 0 spiro atoms. The summed E-state index contributed by atoms with van der Waals surface area (Å²) in [6.07, 6.45) is 1.99. The second kappa shape index (κ2) is 6.18. The molecule has 132 valence electrons.